The zero-order valence-electron chi connectivity index (χ0n) is 8.17. The maximum Gasteiger partial charge on any atom is 0.354 e. The first kappa shape index (κ1) is 11.0. The van der Waals surface area contributed by atoms with E-state index < -0.39 is 5.97 Å². The lowest BCUT2D eigenvalue weighted by Crippen LogP contribution is -2.15. The molecule has 0 saturated heterocycles. The van der Waals surface area contributed by atoms with Crippen LogP contribution in [-0.4, -0.2) is 29.1 Å². The fourth-order valence-electron chi connectivity index (χ4n) is 1.09. The van der Waals surface area contributed by atoms with Gasteiger partial charge >= 0.3 is 5.97 Å². The fourth-order valence-corrected chi connectivity index (χ4v) is 1.09. The van der Waals surface area contributed by atoms with Crippen LogP contribution in [0.3, 0.4) is 0 Å². The standard InChI is InChI=1S/C10H11NO4/c1-15-8-4-2-7(3-5-8)6-9(11-14)10(12)13/h2-5,14H,6H2,1H3,(H,12,13). The van der Waals surface area contributed by atoms with Gasteiger partial charge in [0.15, 0.2) is 5.71 Å². The molecule has 15 heavy (non-hydrogen) atoms. The van der Waals surface area contributed by atoms with Gasteiger partial charge in [-0.1, -0.05) is 17.3 Å². The highest BCUT2D eigenvalue weighted by Gasteiger charge is 2.10. The van der Waals surface area contributed by atoms with E-state index in [9.17, 15) is 4.79 Å². The molecule has 5 nitrogen and oxygen atoms in total. The van der Waals surface area contributed by atoms with Crippen LogP contribution in [-0.2, 0) is 11.2 Å². The maximum atomic E-state index is 10.5. The van der Waals surface area contributed by atoms with Crippen molar-refractivity contribution in [3.05, 3.63) is 29.8 Å². The number of ether oxygens (including phenoxy) is 1. The Labute approximate surface area is 86.6 Å². The van der Waals surface area contributed by atoms with Crippen molar-refractivity contribution in [1.29, 1.82) is 0 Å². The topological polar surface area (TPSA) is 79.1 Å². The lowest BCUT2D eigenvalue weighted by atomic mass is 10.1. The third-order valence-corrected chi connectivity index (χ3v) is 1.90. The van der Waals surface area contributed by atoms with Crippen molar-refractivity contribution in [1.82, 2.24) is 0 Å². The summed E-state index contributed by atoms with van der Waals surface area (Å²) in [7, 11) is 1.55. The summed E-state index contributed by atoms with van der Waals surface area (Å²) in [5, 5.41) is 19.8. The van der Waals surface area contributed by atoms with Crippen molar-refractivity contribution < 1.29 is 19.8 Å². The molecule has 0 fully saturated rings. The Morgan fingerprint density at radius 1 is 1.40 bits per heavy atom. The number of nitrogens with zero attached hydrogens (tertiary/aromatic N) is 1. The van der Waals surface area contributed by atoms with E-state index in [0.29, 0.717) is 5.75 Å². The summed E-state index contributed by atoms with van der Waals surface area (Å²) in [5.41, 5.74) is 0.450. The molecule has 0 bridgehead atoms. The smallest absolute Gasteiger partial charge is 0.354 e. The number of carbonyl (C=O) groups is 1. The van der Waals surface area contributed by atoms with E-state index in [-0.39, 0.29) is 12.1 Å². The Balaban J connectivity index is 2.76. The number of hydrogen-bond acceptors (Lipinski definition) is 4. The van der Waals surface area contributed by atoms with Crippen LogP contribution in [0.1, 0.15) is 5.56 Å². The van der Waals surface area contributed by atoms with E-state index in [1.54, 1.807) is 31.4 Å². The molecule has 1 aromatic carbocycles. The van der Waals surface area contributed by atoms with E-state index in [0.717, 1.165) is 5.56 Å². The Hall–Kier alpha value is -2.04. The van der Waals surface area contributed by atoms with E-state index in [2.05, 4.69) is 5.16 Å². The Morgan fingerprint density at radius 2 is 2.00 bits per heavy atom. The quantitative estimate of drug-likeness (QED) is 0.443. The summed E-state index contributed by atoms with van der Waals surface area (Å²) in [5.74, 6) is -0.537. The van der Waals surface area contributed by atoms with E-state index in [1.807, 2.05) is 0 Å². The van der Waals surface area contributed by atoms with Crippen molar-refractivity contribution in [3.63, 3.8) is 0 Å². The molecule has 0 heterocycles. The fraction of sp³-hybridized carbons (Fsp3) is 0.200. The maximum absolute atomic E-state index is 10.5. The summed E-state index contributed by atoms with van der Waals surface area (Å²) in [6, 6.07) is 6.86. The summed E-state index contributed by atoms with van der Waals surface area (Å²) in [6.07, 6.45) is 0.0792. The normalized spacial score (nSPS) is 11.1. The SMILES string of the molecule is COc1ccc(CC(=NO)C(=O)O)cc1. The average Bonchev–Trinajstić information content (AvgIpc) is 2.26. The van der Waals surface area contributed by atoms with Gasteiger partial charge < -0.3 is 15.1 Å². The van der Waals surface area contributed by atoms with Crippen LogP contribution in [0.15, 0.2) is 29.4 Å². The van der Waals surface area contributed by atoms with Crippen molar-refractivity contribution in [3.8, 4) is 5.75 Å². The molecule has 0 aliphatic carbocycles. The zero-order chi connectivity index (χ0) is 11.3. The summed E-state index contributed by atoms with van der Waals surface area (Å²) >= 11 is 0. The lowest BCUT2D eigenvalue weighted by Gasteiger charge is -2.02. The molecular formula is C10H11NO4. The number of benzene rings is 1. The second-order valence-electron chi connectivity index (χ2n) is 2.88. The third-order valence-electron chi connectivity index (χ3n) is 1.90. The minimum absolute atomic E-state index is 0.0792. The number of rotatable bonds is 4. The van der Waals surface area contributed by atoms with Crippen LogP contribution in [0.2, 0.25) is 0 Å². The van der Waals surface area contributed by atoms with Crippen molar-refractivity contribution >= 4 is 11.7 Å². The van der Waals surface area contributed by atoms with Gasteiger partial charge in [0, 0.05) is 6.42 Å². The first-order valence-corrected chi connectivity index (χ1v) is 4.24. The van der Waals surface area contributed by atoms with Gasteiger partial charge in [-0.15, -0.1) is 0 Å². The summed E-state index contributed by atoms with van der Waals surface area (Å²) in [4.78, 5) is 10.5. The highest BCUT2D eigenvalue weighted by Crippen LogP contribution is 2.12. The number of carboxylic acids is 1. The molecule has 1 rings (SSSR count). The number of carboxylic acid groups (broad SMARTS) is 1. The Kier molecular flexibility index (Phi) is 3.68. The van der Waals surface area contributed by atoms with Gasteiger partial charge in [0.25, 0.3) is 0 Å². The Morgan fingerprint density at radius 3 is 2.40 bits per heavy atom. The molecule has 0 aliphatic rings. The van der Waals surface area contributed by atoms with Crippen molar-refractivity contribution in [2.45, 2.75) is 6.42 Å². The average molecular weight is 209 g/mol. The molecule has 0 unspecified atom stereocenters. The van der Waals surface area contributed by atoms with Gasteiger partial charge in [0.2, 0.25) is 0 Å². The van der Waals surface area contributed by atoms with E-state index >= 15 is 0 Å². The third kappa shape index (κ3) is 2.98. The van der Waals surface area contributed by atoms with Gasteiger partial charge in [0.1, 0.15) is 5.75 Å². The first-order chi connectivity index (χ1) is 7.17. The Bertz CT molecular complexity index is 370. The van der Waals surface area contributed by atoms with Gasteiger partial charge in [0.05, 0.1) is 7.11 Å². The molecule has 0 radical (unpaired) electrons. The second-order valence-corrected chi connectivity index (χ2v) is 2.88. The van der Waals surface area contributed by atoms with Crippen LogP contribution < -0.4 is 4.74 Å². The first-order valence-electron chi connectivity index (χ1n) is 4.24. The van der Waals surface area contributed by atoms with Gasteiger partial charge in [-0.25, -0.2) is 4.79 Å². The molecule has 1 aromatic rings. The van der Waals surface area contributed by atoms with Crippen molar-refractivity contribution in [2.24, 2.45) is 5.16 Å². The molecule has 0 saturated carbocycles. The van der Waals surface area contributed by atoms with E-state index in [1.165, 1.54) is 0 Å². The molecule has 2 N–H and O–H groups in total. The number of hydrogen-bond donors (Lipinski definition) is 2. The molecule has 0 spiro atoms. The number of methoxy groups -OCH3 is 1. The largest absolute Gasteiger partial charge is 0.497 e. The molecular weight excluding hydrogens is 198 g/mol. The van der Waals surface area contributed by atoms with Crippen LogP contribution in [0.25, 0.3) is 0 Å². The molecule has 0 aliphatic heterocycles. The predicted molar refractivity (Wildman–Crippen MR) is 53.6 cm³/mol. The summed E-state index contributed by atoms with van der Waals surface area (Å²) in [6.45, 7) is 0. The van der Waals surface area contributed by atoms with Crippen molar-refractivity contribution in [2.75, 3.05) is 7.11 Å². The molecule has 0 amide bonds. The van der Waals surface area contributed by atoms with Gasteiger partial charge in [-0.05, 0) is 17.7 Å². The van der Waals surface area contributed by atoms with Crippen LogP contribution in [0.5, 0.6) is 5.75 Å². The minimum atomic E-state index is -1.23. The number of aliphatic carboxylic acids is 1. The molecule has 5 heteroatoms. The van der Waals surface area contributed by atoms with Crippen LogP contribution in [0, 0.1) is 0 Å². The molecule has 0 aromatic heterocycles. The monoisotopic (exact) mass is 209 g/mol. The predicted octanol–water partition coefficient (Wildman–Crippen LogP) is 1.15. The molecule has 80 valence electrons. The highest BCUT2D eigenvalue weighted by atomic mass is 16.5. The second kappa shape index (κ2) is 4.99. The van der Waals surface area contributed by atoms with Crippen LogP contribution in [0.4, 0.5) is 0 Å². The minimum Gasteiger partial charge on any atom is -0.497 e. The van der Waals surface area contributed by atoms with Gasteiger partial charge in [-0.3, -0.25) is 0 Å². The summed E-state index contributed by atoms with van der Waals surface area (Å²) < 4.78 is 4.95. The zero-order valence-corrected chi connectivity index (χ0v) is 8.17. The lowest BCUT2D eigenvalue weighted by molar-refractivity contribution is -0.129. The molecule has 0 atom stereocenters. The van der Waals surface area contributed by atoms with Crippen LogP contribution >= 0.6 is 0 Å². The number of oxime groups is 1. The highest BCUT2D eigenvalue weighted by molar-refractivity contribution is 6.35. The van der Waals surface area contributed by atoms with Gasteiger partial charge in [-0.2, -0.15) is 0 Å². The van der Waals surface area contributed by atoms with E-state index in [4.69, 9.17) is 15.1 Å².